The van der Waals surface area contributed by atoms with E-state index in [-0.39, 0.29) is 0 Å². The minimum atomic E-state index is 0.293. The highest BCUT2D eigenvalue weighted by Gasteiger charge is 2.37. The Morgan fingerprint density at radius 3 is 2.52 bits per heavy atom. The average molecular weight is 402 g/mol. The second-order valence-electron chi connectivity index (χ2n) is 7.21. The van der Waals surface area contributed by atoms with E-state index in [9.17, 15) is 0 Å². The number of halogens is 1. The monoisotopic (exact) mass is 401 g/mol. The van der Waals surface area contributed by atoms with Gasteiger partial charge in [0.2, 0.25) is 0 Å². The summed E-state index contributed by atoms with van der Waals surface area (Å²) in [6.07, 6.45) is 3.57. The number of likely N-dealkylation sites (tertiary alicyclic amines) is 1. The van der Waals surface area contributed by atoms with Crippen molar-refractivity contribution in [3.05, 3.63) is 70.2 Å². The predicted octanol–water partition coefficient (Wildman–Crippen LogP) is 5.31. The number of ether oxygens (including phenoxy) is 1. The van der Waals surface area contributed by atoms with Crippen LogP contribution in [-0.2, 0) is 17.7 Å². The standard InChI is InChI=1S/C22H28BrNO/c1-2-25-18-22(13-12-19-6-4-3-5-7-19)14-15-24(17-22)16-20-8-10-21(23)11-9-20/h3-11H,2,12-18H2,1H3/t22-/m0/s1. The second kappa shape index (κ2) is 8.98. The lowest BCUT2D eigenvalue weighted by Crippen LogP contribution is -2.32. The highest BCUT2D eigenvalue weighted by atomic mass is 79.9. The summed E-state index contributed by atoms with van der Waals surface area (Å²) in [5.41, 5.74) is 3.12. The Labute approximate surface area is 160 Å². The van der Waals surface area contributed by atoms with Crippen molar-refractivity contribution in [1.82, 2.24) is 4.90 Å². The van der Waals surface area contributed by atoms with Gasteiger partial charge in [-0.15, -0.1) is 0 Å². The fraction of sp³-hybridized carbons (Fsp3) is 0.455. The molecule has 0 spiro atoms. The maximum atomic E-state index is 5.89. The smallest absolute Gasteiger partial charge is 0.0535 e. The Bertz CT molecular complexity index is 643. The first-order valence-corrected chi connectivity index (χ1v) is 10.1. The molecule has 1 fully saturated rings. The molecule has 0 bridgehead atoms. The number of aryl methyl sites for hydroxylation is 1. The molecule has 2 aromatic rings. The van der Waals surface area contributed by atoms with Gasteiger partial charge in [0.25, 0.3) is 0 Å². The van der Waals surface area contributed by atoms with Crippen LogP contribution in [0.2, 0.25) is 0 Å². The van der Waals surface area contributed by atoms with E-state index in [0.717, 1.165) is 43.7 Å². The summed E-state index contributed by atoms with van der Waals surface area (Å²) in [7, 11) is 0. The van der Waals surface area contributed by atoms with Gasteiger partial charge in [0.1, 0.15) is 0 Å². The van der Waals surface area contributed by atoms with Crippen molar-refractivity contribution >= 4 is 15.9 Å². The molecule has 1 atom stereocenters. The fourth-order valence-corrected chi connectivity index (χ4v) is 4.04. The predicted molar refractivity (Wildman–Crippen MR) is 108 cm³/mol. The maximum Gasteiger partial charge on any atom is 0.0535 e. The van der Waals surface area contributed by atoms with Crippen molar-refractivity contribution in [3.8, 4) is 0 Å². The first-order chi connectivity index (χ1) is 12.2. The Kier molecular flexibility index (Phi) is 6.69. The molecule has 0 saturated carbocycles. The molecule has 0 aromatic heterocycles. The topological polar surface area (TPSA) is 12.5 Å². The lowest BCUT2D eigenvalue weighted by atomic mass is 9.82. The summed E-state index contributed by atoms with van der Waals surface area (Å²) >= 11 is 3.52. The first-order valence-electron chi connectivity index (χ1n) is 9.28. The minimum absolute atomic E-state index is 0.293. The summed E-state index contributed by atoms with van der Waals surface area (Å²) in [5.74, 6) is 0. The summed E-state index contributed by atoms with van der Waals surface area (Å²) in [6, 6.07) is 19.6. The quantitative estimate of drug-likeness (QED) is 0.593. The zero-order chi connectivity index (χ0) is 17.5. The number of benzene rings is 2. The molecule has 1 saturated heterocycles. The van der Waals surface area contributed by atoms with Gasteiger partial charge in [-0.05, 0) is 56.0 Å². The van der Waals surface area contributed by atoms with Gasteiger partial charge < -0.3 is 4.74 Å². The summed E-state index contributed by atoms with van der Waals surface area (Å²) in [4.78, 5) is 2.59. The van der Waals surface area contributed by atoms with Crippen LogP contribution in [0.1, 0.15) is 30.9 Å². The van der Waals surface area contributed by atoms with E-state index < -0.39 is 0 Å². The molecule has 25 heavy (non-hydrogen) atoms. The van der Waals surface area contributed by atoms with Crippen LogP contribution in [0.4, 0.5) is 0 Å². The van der Waals surface area contributed by atoms with Crippen LogP contribution >= 0.6 is 15.9 Å². The molecule has 2 aromatic carbocycles. The molecule has 0 unspecified atom stereocenters. The van der Waals surface area contributed by atoms with Gasteiger partial charge in [0.15, 0.2) is 0 Å². The Balaban J connectivity index is 1.61. The lowest BCUT2D eigenvalue weighted by molar-refractivity contribution is 0.0489. The van der Waals surface area contributed by atoms with E-state index in [1.165, 1.54) is 24.0 Å². The average Bonchev–Trinajstić information content (AvgIpc) is 3.04. The van der Waals surface area contributed by atoms with Gasteiger partial charge in [-0.1, -0.05) is 58.4 Å². The first kappa shape index (κ1) is 18.6. The SMILES string of the molecule is CCOC[C@@]1(CCc2ccccc2)CCN(Cc2ccc(Br)cc2)C1. The molecule has 0 amide bonds. The third-order valence-electron chi connectivity index (χ3n) is 5.24. The molecule has 0 N–H and O–H groups in total. The Morgan fingerprint density at radius 1 is 1.04 bits per heavy atom. The van der Waals surface area contributed by atoms with E-state index in [2.05, 4.69) is 82.4 Å². The number of hydrogen-bond donors (Lipinski definition) is 0. The second-order valence-corrected chi connectivity index (χ2v) is 8.13. The fourth-order valence-electron chi connectivity index (χ4n) is 3.78. The lowest BCUT2D eigenvalue weighted by Gasteiger charge is -2.29. The molecule has 3 heteroatoms. The van der Waals surface area contributed by atoms with Crippen LogP contribution in [0.3, 0.4) is 0 Å². The van der Waals surface area contributed by atoms with Crippen molar-refractivity contribution in [2.24, 2.45) is 5.41 Å². The third-order valence-corrected chi connectivity index (χ3v) is 5.76. The molecular weight excluding hydrogens is 374 g/mol. The molecule has 3 rings (SSSR count). The van der Waals surface area contributed by atoms with Gasteiger partial charge in [0.05, 0.1) is 6.61 Å². The summed E-state index contributed by atoms with van der Waals surface area (Å²) in [6.45, 7) is 7.12. The Hall–Kier alpha value is -1.16. The van der Waals surface area contributed by atoms with Gasteiger partial charge in [-0.3, -0.25) is 4.90 Å². The normalized spacial score (nSPS) is 20.9. The van der Waals surface area contributed by atoms with E-state index in [0.29, 0.717) is 5.41 Å². The largest absolute Gasteiger partial charge is 0.381 e. The maximum absolute atomic E-state index is 5.89. The minimum Gasteiger partial charge on any atom is -0.381 e. The van der Waals surface area contributed by atoms with E-state index in [1.807, 2.05) is 0 Å². The molecule has 1 aliphatic rings. The van der Waals surface area contributed by atoms with Crippen LogP contribution < -0.4 is 0 Å². The highest BCUT2D eigenvalue weighted by Crippen LogP contribution is 2.36. The van der Waals surface area contributed by atoms with Crippen molar-refractivity contribution in [2.75, 3.05) is 26.3 Å². The van der Waals surface area contributed by atoms with E-state index >= 15 is 0 Å². The molecule has 1 aliphatic heterocycles. The molecule has 134 valence electrons. The third kappa shape index (κ3) is 5.40. The highest BCUT2D eigenvalue weighted by molar-refractivity contribution is 9.10. The summed E-state index contributed by atoms with van der Waals surface area (Å²) < 4.78 is 7.04. The van der Waals surface area contributed by atoms with Crippen LogP contribution in [0, 0.1) is 5.41 Å². The van der Waals surface area contributed by atoms with Crippen LogP contribution in [0.15, 0.2) is 59.1 Å². The molecule has 0 radical (unpaired) electrons. The van der Waals surface area contributed by atoms with Crippen molar-refractivity contribution in [2.45, 2.75) is 32.7 Å². The number of rotatable bonds is 8. The van der Waals surface area contributed by atoms with Gasteiger partial charge in [-0.2, -0.15) is 0 Å². The molecule has 2 nitrogen and oxygen atoms in total. The van der Waals surface area contributed by atoms with Gasteiger partial charge in [-0.25, -0.2) is 0 Å². The van der Waals surface area contributed by atoms with Gasteiger partial charge >= 0.3 is 0 Å². The van der Waals surface area contributed by atoms with Crippen molar-refractivity contribution < 1.29 is 4.74 Å². The van der Waals surface area contributed by atoms with Crippen LogP contribution in [0.5, 0.6) is 0 Å². The number of hydrogen-bond acceptors (Lipinski definition) is 2. The van der Waals surface area contributed by atoms with E-state index in [4.69, 9.17) is 4.74 Å². The van der Waals surface area contributed by atoms with E-state index in [1.54, 1.807) is 0 Å². The molecule has 0 aliphatic carbocycles. The van der Waals surface area contributed by atoms with Gasteiger partial charge in [0, 0.05) is 29.6 Å². The van der Waals surface area contributed by atoms with Crippen LogP contribution in [0.25, 0.3) is 0 Å². The summed E-state index contributed by atoms with van der Waals surface area (Å²) in [5, 5.41) is 0. The zero-order valence-corrected chi connectivity index (χ0v) is 16.7. The van der Waals surface area contributed by atoms with Crippen molar-refractivity contribution in [1.29, 1.82) is 0 Å². The zero-order valence-electron chi connectivity index (χ0n) is 15.1. The van der Waals surface area contributed by atoms with Crippen LogP contribution in [-0.4, -0.2) is 31.2 Å². The molecular formula is C22H28BrNO. The number of nitrogens with zero attached hydrogens (tertiary/aromatic N) is 1. The Morgan fingerprint density at radius 2 is 1.80 bits per heavy atom. The van der Waals surface area contributed by atoms with Crippen molar-refractivity contribution in [3.63, 3.8) is 0 Å². The molecule has 1 heterocycles.